The first-order valence-corrected chi connectivity index (χ1v) is 4.80. The average Bonchev–Trinajstić information content (AvgIpc) is 1.99. The van der Waals surface area contributed by atoms with E-state index < -0.39 is 5.60 Å². The van der Waals surface area contributed by atoms with Crippen LogP contribution >= 0.6 is 0 Å². The van der Waals surface area contributed by atoms with Crippen molar-refractivity contribution in [1.82, 2.24) is 5.32 Å². The largest absolute Gasteiger partial charge is 0.389 e. The first kappa shape index (κ1) is 11.9. The number of hydrogen-bond acceptors (Lipinski definition) is 2. The van der Waals surface area contributed by atoms with Gasteiger partial charge in [0.2, 0.25) is 0 Å². The molecule has 2 heteroatoms. The molecule has 74 valence electrons. The second kappa shape index (κ2) is 4.24. The molecule has 0 saturated heterocycles. The van der Waals surface area contributed by atoms with Gasteiger partial charge in [-0.25, -0.2) is 0 Å². The molecule has 2 N–H and O–H groups in total. The van der Waals surface area contributed by atoms with Crippen molar-refractivity contribution in [3.63, 3.8) is 0 Å². The summed E-state index contributed by atoms with van der Waals surface area (Å²) >= 11 is 0. The summed E-state index contributed by atoms with van der Waals surface area (Å²) in [7, 11) is 0. The maximum atomic E-state index is 9.51. The summed E-state index contributed by atoms with van der Waals surface area (Å²) in [5.41, 5.74) is -0.425. The molecule has 0 fully saturated rings. The number of hydrogen-bond donors (Lipinski definition) is 2. The van der Waals surface area contributed by atoms with Crippen molar-refractivity contribution in [2.75, 3.05) is 6.54 Å². The lowest BCUT2D eigenvalue weighted by Gasteiger charge is -2.31. The van der Waals surface area contributed by atoms with Gasteiger partial charge < -0.3 is 10.4 Å². The Morgan fingerprint density at radius 1 is 1.08 bits per heavy atom. The fourth-order valence-electron chi connectivity index (χ4n) is 0.930. The van der Waals surface area contributed by atoms with Gasteiger partial charge in [-0.3, -0.25) is 0 Å². The predicted molar refractivity (Wildman–Crippen MR) is 53.3 cm³/mol. The molecule has 2 nitrogen and oxygen atoms in total. The van der Waals surface area contributed by atoms with E-state index in [-0.39, 0.29) is 5.54 Å². The van der Waals surface area contributed by atoms with E-state index in [1.807, 2.05) is 13.8 Å². The van der Waals surface area contributed by atoms with Gasteiger partial charge in [0.05, 0.1) is 5.60 Å². The molecule has 0 heterocycles. The first-order chi connectivity index (χ1) is 5.33. The van der Waals surface area contributed by atoms with Gasteiger partial charge in [-0.15, -0.1) is 0 Å². The van der Waals surface area contributed by atoms with Crippen molar-refractivity contribution in [3.8, 4) is 0 Å². The summed E-state index contributed by atoms with van der Waals surface area (Å²) < 4.78 is 0. The molecule has 0 unspecified atom stereocenters. The van der Waals surface area contributed by atoms with E-state index in [4.69, 9.17) is 0 Å². The summed E-state index contributed by atoms with van der Waals surface area (Å²) in [6, 6.07) is 0. The van der Waals surface area contributed by atoms with Crippen molar-refractivity contribution < 1.29 is 5.11 Å². The highest BCUT2D eigenvalue weighted by Gasteiger charge is 2.22. The molecule has 0 saturated carbocycles. The van der Waals surface area contributed by atoms with Crippen molar-refractivity contribution in [3.05, 3.63) is 0 Å². The normalized spacial score (nSPS) is 13.5. The zero-order chi connectivity index (χ0) is 9.83. The van der Waals surface area contributed by atoms with Crippen LogP contribution in [0.25, 0.3) is 0 Å². The van der Waals surface area contributed by atoms with E-state index in [0.29, 0.717) is 6.54 Å². The van der Waals surface area contributed by atoms with Crippen LogP contribution in [0.4, 0.5) is 0 Å². The second-order valence-electron chi connectivity index (χ2n) is 4.43. The second-order valence-corrected chi connectivity index (χ2v) is 4.43. The molecule has 0 radical (unpaired) electrons. The van der Waals surface area contributed by atoms with Gasteiger partial charge >= 0.3 is 0 Å². The number of rotatable bonds is 5. The van der Waals surface area contributed by atoms with Gasteiger partial charge in [-0.1, -0.05) is 13.8 Å². The Balaban J connectivity index is 3.89. The lowest BCUT2D eigenvalue weighted by molar-refractivity contribution is 0.0688. The van der Waals surface area contributed by atoms with E-state index in [0.717, 1.165) is 12.8 Å². The van der Waals surface area contributed by atoms with Crippen LogP contribution in [0.1, 0.15) is 47.5 Å². The van der Waals surface area contributed by atoms with Crippen LogP contribution < -0.4 is 5.32 Å². The van der Waals surface area contributed by atoms with E-state index in [1.165, 1.54) is 0 Å². The molecule has 0 spiro atoms. The molecular formula is C10H23NO. The third-order valence-electron chi connectivity index (χ3n) is 2.51. The highest BCUT2D eigenvalue weighted by Crippen LogP contribution is 2.14. The van der Waals surface area contributed by atoms with Gasteiger partial charge in [0.1, 0.15) is 0 Å². The molecule has 0 aromatic heterocycles. The Kier molecular flexibility index (Phi) is 4.21. The van der Waals surface area contributed by atoms with Crippen molar-refractivity contribution in [1.29, 1.82) is 0 Å². The lowest BCUT2D eigenvalue weighted by atomic mass is 9.94. The van der Waals surface area contributed by atoms with Crippen LogP contribution in [-0.4, -0.2) is 22.8 Å². The van der Waals surface area contributed by atoms with Crippen LogP contribution in [0.2, 0.25) is 0 Å². The summed E-state index contributed by atoms with van der Waals surface area (Å²) in [6.45, 7) is 10.8. The quantitative estimate of drug-likeness (QED) is 0.666. The number of β-amino-alcohol motifs (C(OH)–C–C–N with tert-alkyl or cyclic N) is 1. The lowest BCUT2D eigenvalue weighted by Crippen LogP contribution is -2.47. The molecule has 0 aliphatic carbocycles. The van der Waals surface area contributed by atoms with Gasteiger partial charge in [0.25, 0.3) is 0 Å². The average molecular weight is 173 g/mol. The van der Waals surface area contributed by atoms with E-state index in [1.54, 1.807) is 0 Å². The Labute approximate surface area is 76.4 Å². The molecule has 0 aromatic carbocycles. The van der Waals surface area contributed by atoms with E-state index in [9.17, 15) is 5.11 Å². The van der Waals surface area contributed by atoms with Crippen LogP contribution in [0.5, 0.6) is 0 Å². The third-order valence-corrected chi connectivity index (χ3v) is 2.51. The van der Waals surface area contributed by atoms with Crippen molar-refractivity contribution in [2.45, 2.75) is 58.6 Å². The van der Waals surface area contributed by atoms with E-state index >= 15 is 0 Å². The maximum Gasteiger partial charge on any atom is 0.0715 e. The monoisotopic (exact) mass is 173 g/mol. The van der Waals surface area contributed by atoms with Gasteiger partial charge in [-0.05, 0) is 33.6 Å². The third kappa shape index (κ3) is 4.73. The fraction of sp³-hybridized carbons (Fsp3) is 1.00. The SMILES string of the molecule is CCC(C)(CC)NCC(C)(C)O. The minimum absolute atomic E-state index is 0.181. The Hall–Kier alpha value is -0.0800. The van der Waals surface area contributed by atoms with Crippen molar-refractivity contribution in [2.24, 2.45) is 0 Å². The molecule has 0 aromatic rings. The van der Waals surface area contributed by atoms with Crippen LogP contribution in [0.15, 0.2) is 0 Å². The van der Waals surface area contributed by atoms with Gasteiger partial charge in [0.15, 0.2) is 0 Å². The fourth-order valence-corrected chi connectivity index (χ4v) is 0.930. The topological polar surface area (TPSA) is 32.3 Å². The summed E-state index contributed by atoms with van der Waals surface area (Å²) in [5.74, 6) is 0. The van der Waals surface area contributed by atoms with Crippen LogP contribution in [0, 0.1) is 0 Å². The zero-order valence-electron chi connectivity index (χ0n) is 9.07. The minimum Gasteiger partial charge on any atom is -0.389 e. The van der Waals surface area contributed by atoms with E-state index in [2.05, 4.69) is 26.1 Å². The van der Waals surface area contributed by atoms with Gasteiger partial charge in [-0.2, -0.15) is 0 Å². The highest BCUT2D eigenvalue weighted by molar-refractivity contribution is 4.82. The molecule has 0 rings (SSSR count). The number of nitrogens with one attached hydrogen (secondary N) is 1. The molecular weight excluding hydrogens is 150 g/mol. The van der Waals surface area contributed by atoms with Crippen LogP contribution in [-0.2, 0) is 0 Å². The van der Waals surface area contributed by atoms with Crippen molar-refractivity contribution >= 4 is 0 Å². The standard InChI is InChI=1S/C10H23NO/c1-6-10(5,7-2)11-8-9(3,4)12/h11-12H,6-8H2,1-5H3. The Morgan fingerprint density at radius 2 is 1.50 bits per heavy atom. The molecule has 0 bridgehead atoms. The molecule has 0 aliphatic heterocycles. The molecule has 0 amide bonds. The first-order valence-electron chi connectivity index (χ1n) is 4.80. The molecule has 0 aliphatic rings. The molecule has 0 atom stereocenters. The summed E-state index contributed by atoms with van der Waals surface area (Å²) in [4.78, 5) is 0. The maximum absolute atomic E-state index is 9.51. The summed E-state index contributed by atoms with van der Waals surface area (Å²) in [5, 5.41) is 12.9. The Morgan fingerprint density at radius 3 is 1.75 bits per heavy atom. The minimum atomic E-state index is -0.606. The Bertz CT molecular complexity index is 122. The van der Waals surface area contributed by atoms with Crippen LogP contribution in [0.3, 0.4) is 0 Å². The molecule has 12 heavy (non-hydrogen) atoms. The summed E-state index contributed by atoms with van der Waals surface area (Å²) in [6.07, 6.45) is 2.19. The van der Waals surface area contributed by atoms with Gasteiger partial charge in [0, 0.05) is 12.1 Å². The highest BCUT2D eigenvalue weighted by atomic mass is 16.3. The zero-order valence-corrected chi connectivity index (χ0v) is 9.07. The number of aliphatic hydroxyl groups is 1. The smallest absolute Gasteiger partial charge is 0.0715 e. The predicted octanol–water partition coefficient (Wildman–Crippen LogP) is 1.93.